The van der Waals surface area contributed by atoms with Crippen molar-refractivity contribution >= 4 is 5.91 Å². The first kappa shape index (κ1) is 15.0. The molecule has 1 heterocycles. The number of piperidine rings is 1. The van der Waals surface area contributed by atoms with Crippen molar-refractivity contribution in [3.63, 3.8) is 0 Å². The quantitative estimate of drug-likeness (QED) is 0.921. The summed E-state index contributed by atoms with van der Waals surface area (Å²) >= 11 is 0. The maximum atomic E-state index is 12.7. The van der Waals surface area contributed by atoms with Crippen molar-refractivity contribution in [1.82, 2.24) is 4.90 Å². The smallest absolute Gasteiger partial charge is 0.227 e. The van der Waals surface area contributed by atoms with Crippen LogP contribution < -0.4 is 5.73 Å². The highest BCUT2D eigenvalue weighted by molar-refractivity contribution is 5.79. The van der Waals surface area contributed by atoms with Crippen molar-refractivity contribution in [2.45, 2.75) is 45.7 Å². The normalized spacial score (nSPS) is 26.1. The summed E-state index contributed by atoms with van der Waals surface area (Å²) < 4.78 is 0. The fraction of sp³-hybridized carbons (Fsp3) is 0.588. The Hall–Kier alpha value is -1.35. The minimum Gasteiger partial charge on any atom is -0.340 e. The first-order valence-electron chi connectivity index (χ1n) is 7.61. The van der Waals surface area contributed by atoms with Gasteiger partial charge in [-0.1, -0.05) is 44.2 Å². The molecule has 110 valence electrons. The van der Waals surface area contributed by atoms with E-state index in [0.29, 0.717) is 12.0 Å². The topological polar surface area (TPSA) is 46.3 Å². The van der Waals surface area contributed by atoms with Crippen molar-refractivity contribution in [2.75, 3.05) is 6.54 Å². The zero-order valence-electron chi connectivity index (χ0n) is 12.8. The first-order valence-corrected chi connectivity index (χ1v) is 7.61. The summed E-state index contributed by atoms with van der Waals surface area (Å²) in [7, 11) is 0. The average Bonchev–Trinajstić information content (AvgIpc) is 2.46. The van der Waals surface area contributed by atoms with E-state index in [-0.39, 0.29) is 17.9 Å². The number of amides is 1. The Morgan fingerprint density at radius 1 is 1.30 bits per heavy atom. The highest BCUT2D eigenvalue weighted by atomic mass is 16.2. The number of carbonyl (C=O) groups is 1. The van der Waals surface area contributed by atoms with Crippen LogP contribution in [-0.2, 0) is 4.79 Å². The summed E-state index contributed by atoms with van der Waals surface area (Å²) in [6.45, 7) is 7.23. The molecule has 0 aromatic heterocycles. The molecule has 0 saturated carbocycles. The zero-order chi connectivity index (χ0) is 14.7. The number of likely N-dealkylation sites (tertiary alicyclic amines) is 1. The van der Waals surface area contributed by atoms with Crippen LogP contribution in [0.5, 0.6) is 0 Å². The van der Waals surface area contributed by atoms with E-state index in [1.807, 2.05) is 42.2 Å². The summed E-state index contributed by atoms with van der Waals surface area (Å²) in [5.74, 6) is 0.737. The predicted octanol–water partition coefficient (Wildman–Crippen LogP) is 2.97. The Kier molecular flexibility index (Phi) is 4.81. The molecule has 1 saturated heterocycles. The second kappa shape index (κ2) is 6.40. The Morgan fingerprint density at radius 2 is 1.95 bits per heavy atom. The molecular formula is C17H26N2O. The molecule has 0 aliphatic carbocycles. The number of benzene rings is 1. The molecule has 4 unspecified atom stereocenters. The molecule has 1 aliphatic heterocycles. The van der Waals surface area contributed by atoms with Crippen LogP contribution in [0.15, 0.2) is 30.3 Å². The molecule has 4 atom stereocenters. The van der Waals surface area contributed by atoms with E-state index in [4.69, 9.17) is 5.73 Å². The van der Waals surface area contributed by atoms with Crippen LogP contribution in [0.25, 0.3) is 0 Å². The highest BCUT2D eigenvalue weighted by Crippen LogP contribution is 2.27. The third kappa shape index (κ3) is 3.21. The Bertz CT molecular complexity index is 446. The standard InChI is InChI=1S/C17H26N2O/c1-12-9-10-19(13(2)11-12)17(20)14(3)16(18)15-7-5-4-6-8-15/h4-8,12-14,16H,9-11,18H2,1-3H3. The maximum Gasteiger partial charge on any atom is 0.227 e. The van der Waals surface area contributed by atoms with Gasteiger partial charge < -0.3 is 10.6 Å². The van der Waals surface area contributed by atoms with Gasteiger partial charge in [0.05, 0.1) is 5.92 Å². The monoisotopic (exact) mass is 274 g/mol. The van der Waals surface area contributed by atoms with Gasteiger partial charge in [0.2, 0.25) is 5.91 Å². The number of nitrogens with two attached hydrogens (primary N) is 1. The SMILES string of the molecule is CC1CCN(C(=O)C(C)C(N)c2ccccc2)C(C)C1. The van der Waals surface area contributed by atoms with E-state index in [9.17, 15) is 4.79 Å². The lowest BCUT2D eigenvalue weighted by Crippen LogP contribution is -2.48. The van der Waals surface area contributed by atoms with Crippen LogP contribution in [0.2, 0.25) is 0 Å². The van der Waals surface area contributed by atoms with Gasteiger partial charge in [0.15, 0.2) is 0 Å². The van der Waals surface area contributed by atoms with Gasteiger partial charge in [-0.2, -0.15) is 0 Å². The lowest BCUT2D eigenvalue weighted by molar-refractivity contribution is -0.139. The molecular weight excluding hydrogens is 248 g/mol. The third-order valence-electron chi connectivity index (χ3n) is 4.53. The maximum absolute atomic E-state index is 12.7. The predicted molar refractivity (Wildman–Crippen MR) is 82.1 cm³/mol. The summed E-state index contributed by atoms with van der Waals surface area (Å²) in [6.07, 6.45) is 2.20. The van der Waals surface area contributed by atoms with Gasteiger partial charge in [-0.3, -0.25) is 4.79 Å². The van der Waals surface area contributed by atoms with Gasteiger partial charge in [-0.05, 0) is 31.2 Å². The Labute approximate surface area is 122 Å². The number of nitrogens with zero attached hydrogens (tertiary/aromatic N) is 1. The lowest BCUT2D eigenvalue weighted by Gasteiger charge is -2.39. The first-order chi connectivity index (χ1) is 9.50. The molecule has 20 heavy (non-hydrogen) atoms. The molecule has 1 aromatic rings. The average molecular weight is 274 g/mol. The van der Waals surface area contributed by atoms with E-state index >= 15 is 0 Å². The van der Waals surface area contributed by atoms with Gasteiger partial charge in [0.1, 0.15) is 0 Å². The van der Waals surface area contributed by atoms with Crippen molar-refractivity contribution in [3.05, 3.63) is 35.9 Å². The van der Waals surface area contributed by atoms with Crippen LogP contribution in [0.1, 0.15) is 45.2 Å². The molecule has 1 aromatic carbocycles. The van der Waals surface area contributed by atoms with E-state index in [0.717, 1.165) is 24.9 Å². The van der Waals surface area contributed by atoms with Crippen molar-refractivity contribution in [1.29, 1.82) is 0 Å². The van der Waals surface area contributed by atoms with Crippen LogP contribution in [0.3, 0.4) is 0 Å². The third-order valence-corrected chi connectivity index (χ3v) is 4.53. The van der Waals surface area contributed by atoms with Gasteiger partial charge in [0.25, 0.3) is 0 Å². The van der Waals surface area contributed by atoms with Crippen LogP contribution in [-0.4, -0.2) is 23.4 Å². The molecule has 1 amide bonds. The molecule has 1 aliphatic rings. The van der Waals surface area contributed by atoms with Crippen molar-refractivity contribution in [2.24, 2.45) is 17.6 Å². The van der Waals surface area contributed by atoms with Gasteiger partial charge in [0, 0.05) is 18.6 Å². The minimum absolute atomic E-state index is 0.173. The van der Waals surface area contributed by atoms with E-state index in [1.54, 1.807) is 0 Å². The van der Waals surface area contributed by atoms with Crippen LogP contribution in [0, 0.1) is 11.8 Å². The Morgan fingerprint density at radius 3 is 2.55 bits per heavy atom. The molecule has 2 rings (SSSR count). The van der Waals surface area contributed by atoms with Crippen molar-refractivity contribution in [3.8, 4) is 0 Å². The number of rotatable bonds is 3. The summed E-state index contributed by atoms with van der Waals surface area (Å²) in [5.41, 5.74) is 7.31. The van der Waals surface area contributed by atoms with Gasteiger partial charge in [-0.15, -0.1) is 0 Å². The molecule has 3 heteroatoms. The molecule has 0 radical (unpaired) electrons. The van der Waals surface area contributed by atoms with Crippen LogP contribution >= 0.6 is 0 Å². The largest absolute Gasteiger partial charge is 0.340 e. The number of hydrogen-bond acceptors (Lipinski definition) is 2. The minimum atomic E-state index is -0.227. The zero-order valence-corrected chi connectivity index (χ0v) is 12.8. The van der Waals surface area contributed by atoms with E-state index < -0.39 is 0 Å². The molecule has 1 fully saturated rings. The summed E-state index contributed by atoms with van der Waals surface area (Å²) in [5, 5.41) is 0. The highest BCUT2D eigenvalue weighted by Gasteiger charge is 2.32. The lowest BCUT2D eigenvalue weighted by atomic mass is 9.89. The van der Waals surface area contributed by atoms with Crippen LogP contribution in [0.4, 0.5) is 0 Å². The summed E-state index contributed by atoms with van der Waals surface area (Å²) in [4.78, 5) is 14.7. The number of hydrogen-bond donors (Lipinski definition) is 1. The fourth-order valence-corrected chi connectivity index (χ4v) is 3.11. The van der Waals surface area contributed by atoms with Gasteiger partial charge in [-0.25, -0.2) is 0 Å². The van der Waals surface area contributed by atoms with E-state index in [1.165, 1.54) is 0 Å². The number of carbonyl (C=O) groups excluding carboxylic acids is 1. The molecule has 0 bridgehead atoms. The molecule has 2 N–H and O–H groups in total. The Balaban J connectivity index is 2.05. The summed E-state index contributed by atoms with van der Waals surface area (Å²) in [6, 6.07) is 10.0. The van der Waals surface area contributed by atoms with E-state index in [2.05, 4.69) is 13.8 Å². The molecule has 3 nitrogen and oxygen atoms in total. The fourth-order valence-electron chi connectivity index (χ4n) is 3.11. The second-order valence-electron chi connectivity index (χ2n) is 6.24. The van der Waals surface area contributed by atoms with Gasteiger partial charge >= 0.3 is 0 Å². The molecule has 0 spiro atoms. The van der Waals surface area contributed by atoms with Crippen molar-refractivity contribution < 1.29 is 4.79 Å². The second-order valence-corrected chi connectivity index (χ2v) is 6.24.